The zero-order valence-electron chi connectivity index (χ0n) is 16.6. The van der Waals surface area contributed by atoms with Gasteiger partial charge in [-0.2, -0.15) is 13.2 Å². The predicted molar refractivity (Wildman–Crippen MR) is 107 cm³/mol. The van der Waals surface area contributed by atoms with E-state index in [4.69, 9.17) is 9.47 Å². The van der Waals surface area contributed by atoms with E-state index in [1.54, 1.807) is 26.3 Å². The average molecular weight is 409 g/mol. The minimum absolute atomic E-state index is 0.0841. The van der Waals surface area contributed by atoms with Crippen molar-refractivity contribution in [3.63, 3.8) is 0 Å². The van der Waals surface area contributed by atoms with E-state index in [2.05, 4.69) is 15.6 Å². The lowest BCUT2D eigenvalue weighted by atomic mass is 10.1. The van der Waals surface area contributed by atoms with Gasteiger partial charge in [-0.15, -0.1) is 0 Å². The van der Waals surface area contributed by atoms with Crippen molar-refractivity contribution >= 4 is 5.96 Å². The van der Waals surface area contributed by atoms with Crippen molar-refractivity contribution in [1.29, 1.82) is 0 Å². The van der Waals surface area contributed by atoms with Gasteiger partial charge in [0.1, 0.15) is 12.4 Å². The van der Waals surface area contributed by atoms with Crippen LogP contribution in [0, 0.1) is 0 Å². The number of halogens is 3. The molecule has 8 heteroatoms. The molecule has 0 aliphatic rings. The van der Waals surface area contributed by atoms with Crippen LogP contribution in [0.5, 0.6) is 5.75 Å². The molecule has 0 bridgehead atoms. The van der Waals surface area contributed by atoms with Crippen LogP contribution in [0.15, 0.2) is 53.5 Å². The van der Waals surface area contributed by atoms with Crippen LogP contribution in [-0.4, -0.2) is 39.4 Å². The highest BCUT2D eigenvalue weighted by molar-refractivity contribution is 5.79. The van der Waals surface area contributed by atoms with E-state index in [0.717, 1.165) is 23.3 Å². The number of alkyl halides is 3. The second kappa shape index (κ2) is 11.3. The number of benzene rings is 2. The van der Waals surface area contributed by atoms with Gasteiger partial charge in [-0.05, 0) is 29.2 Å². The summed E-state index contributed by atoms with van der Waals surface area (Å²) in [6.45, 7) is -0.176. The zero-order valence-corrected chi connectivity index (χ0v) is 16.6. The van der Waals surface area contributed by atoms with Gasteiger partial charge in [-0.1, -0.05) is 42.5 Å². The molecule has 0 amide bonds. The number of rotatable bonds is 9. The molecule has 5 nitrogen and oxygen atoms in total. The monoisotopic (exact) mass is 409 g/mol. The van der Waals surface area contributed by atoms with Crippen LogP contribution in [-0.2, 0) is 24.3 Å². The van der Waals surface area contributed by atoms with Crippen molar-refractivity contribution < 1.29 is 22.6 Å². The summed E-state index contributed by atoms with van der Waals surface area (Å²) in [6.07, 6.45) is -3.54. The standard InChI is InChI=1S/C21H26F3N3O2/c1-25-20(26-11-10-18-8-3-4-9-19(18)28-2)27-13-16-6-5-7-17(12-16)14-29-15-21(22,23)24/h3-9,12H,10-11,13-15H2,1-2H3,(H2,25,26,27). The molecular weight excluding hydrogens is 383 g/mol. The average Bonchev–Trinajstić information content (AvgIpc) is 2.70. The van der Waals surface area contributed by atoms with E-state index in [0.29, 0.717) is 24.6 Å². The highest BCUT2D eigenvalue weighted by Gasteiger charge is 2.27. The highest BCUT2D eigenvalue weighted by Crippen LogP contribution is 2.17. The Hall–Kier alpha value is -2.74. The van der Waals surface area contributed by atoms with Crippen LogP contribution in [0.25, 0.3) is 0 Å². The first-order valence-corrected chi connectivity index (χ1v) is 9.20. The second-order valence-corrected chi connectivity index (χ2v) is 6.34. The smallest absolute Gasteiger partial charge is 0.411 e. The van der Waals surface area contributed by atoms with Crippen molar-refractivity contribution in [3.05, 3.63) is 65.2 Å². The van der Waals surface area contributed by atoms with Crippen molar-refractivity contribution in [3.8, 4) is 5.75 Å². The summed E-state index contributed by atoms with van der Waals surface area (Å²) in [7, 11) is 3.33. The van der Waals surface area contributed by atoms with Gasteiger partial charge in [-0.25, -0.2) is 0 Å². The van der Waals surface area contributed by atoms with Gasteiger partial charge in [0.25, 0.3) is 0 Å². The quantitative estimate of drug-likeness (QED) is 0.490. The summed E-state index contributed by atoms with van der Waals surface area (Å²) in [4.78, 5) is 4.19. The van der Waals surface area contributed by atoms with Crippen LogP contribution in [0.1, 0.15) is 16.7 Å². The van der Waals surface area contributed by atoms with E-state index in [9.17, 15) is 13.2 Å². The number of guanidine groups is 1. The largest absolute Gasteiger partial charge is 0.496 e. The Kier molecular flexibility index (Phi) is 8.79. The summed E-state index contributed by atoms with van der Waals surface area (Å²) in [5.74, 6) is 1.49. The number of nitrogens with zero attached hydrogens (tertiary/aromatic N) is 1. The van der Waals surface area contributed by atoms with Crippen LogP contribution < -0.4 is 15.4 Å². The number of aliphatic imine (C=N–C) groups is 1. The molecule has 2 rings (SSSR count). The Bertz CT molecular complexity index is 795. The molecule has 0 radical (unpaired) electrons. The lowest BCUT2D eigenvalue weighted by Gasteiger charge is -2.14. The lowest BCUT2D eigenvalue weighted by molar-refractivity contribution is -0.176. The van der Waals surface area contributed by atoms with Crippen LogP contribution in [0.4, 0.5) is 13.2 Å². The molecule has 2 aromatic carbocycles. The first-order valence-electron chi connectivity index (χ1n) is 9.20. The molecule has 2 aromatic rings. The van der Waals surface area contributed by atoms with E-state index in [1.165, 1.54) is 0 Å². The molecule has 0 unspecified atom stereocenters. The fraction of sp³-hybridized carbons (Fsp3) is 0.381. The van der Waals surface area contributed by atoms with Crippen molar-refractivity contribution in [2.24, 2.45) is 4.99 Å². The molecule has 0 aliphatic carbocycles. The first-order chi connectivity index (χ1) is 13.9. The normalized spacial score (nSPS) is 12.0. The number of hydrogen-bond acceptors (Lipinski definition) is 3. The van der Waals surface area contributed by atoms with Crippen molar-refractivity contribution in [2.45, 2.75) is 25.7 Å². The highest BCUT2D eigenvalue weighted by atomic mass is 19.4. The summed E-state index contributed by atoms with van der Waals surface area (Å²) in [5, 5.41) is 6.43. The topological polar surface area (TPSA) is 54.9 Å². The van der Waals surface area contributed by atoms with Gasteiger partial charge >= 0.3 is 6.18 Å². The van der Waals surface area contributed by atoms with Gasteiger partial charge in [0.05, 0.1) is 13.7 Å². The minimum atomic E-state index is -4.32. The van der Waals surface area contributed by atoms with Gasteiger partial charge in [0.15, 0.2) is 5.96 Å². The Morgan fingerprint density at radius 2 is 1.79 bits per heavy atom. The maximum atomic E-state index is 12.2. The Morgan fingerprint density at radius 1 is 1.03 bits per heavy atom. The van der Waals surface area contributed by atoms with Crippen LogP contribution >= 0.6 is 0 Å². The fourth-order valence-corrected chi connectivity index (χ4v) is 2.75. The summed E-state index contributed by atoms with van der Waals surface area (Å²) < 4.78 is 46.6. The van der Waals surface area contributed by atoms with Crippen LogP contribution in [0.3, 0.4) is 0 Å². The number of methoxy groups -OCH3 is 1. The minimum Gasteiger partial charge on any atom is -0.496 e. The molecule has 0 atom stereocenters. The molecule has 29 heavy (non-hydrogen) atoms. The first kappa shape index (κ1) is 22.5. The van der Waals surface area contributed by atoms with Gasteiger partial charge in [0, 0.05) is 20.1 Å². The summed E-state index contributed by atoms with van der Waals surface area (Å²) in [6, 6.07) is 15.1. The van der Waals surface area contributed by atoms with E-state index in [-0.39, 0.29) is 6.61 Å². The molecule has 0 heterocycles. The van der Waals surface area contributed by atoms with Crippen molar-refractivity contribution in [2.75, 3.05) is 27.3 Å². The van der Waals surface area contributed by atoms with Crippen molar-refractivity contribution in [1.82, 2.24) is 10.6 Å². The molecule has 0 aromatic heterocycles. The van der Waals surface area contributed by atoms with E-state index in [1.807, 2.05) is 36.4 Å². The SMILES string of the molecule is CN=C(NCCc1ccccc1OC)NCc1cccc(COCC(F)(F)F)c1. The molecule has 0 saturated carbocycles. The van der Waals surface area contributed by atoms with Gasteiger partial charge in [-0.3, -0.25) is 4.99 Å². The van der Waals surface area contributed by atoms with E-state index >= 15 is 0 Å². The Labute approximate surface area is 168 Å². The summed E-state index contributed by atoms with van der Waals surface area (Å²) >= 11 is 0. The lowest BCUT2D eigenvalue weighted by Crippen LogP contribution is -2.37. The molecule has 0 saturated heterocycles. The maximum Gasteiger partial charge on any atom is 0.411 e. The van der Waals surface area contributed by atoms with Gasteiger partial charge in [0.2, 0.25) is 0 Å². The number of ether oxygens (including phenoxy) is 2. The Morgan fingerprint density at radius 3 is 2.52 bits per heavy atom. The maximum absolute atomic E-state index is 12.2. The molecule has 158 valence electrons. The molecule has 0 aliphatic heterocycles. The Balaban J connectivity index is 1.79. The third-order valence-corrected chi connectivity index (χ3v) is 4.09. The van der Waals surface area contributed by atoms with E-state index < -0.39 is 12.8 Å². The predicted octanol–water partition coefficient (Wildman–Crippen LogP) is 3.68. The van der Waals surface area contributed by atoms with Crippen LogP contribution in [0.2, 0.25) is 0 Å². The molecule has 2 N–H and O–H groups in total. The van der Waals surface area contributed by atoms with Gasteiger partial charge < -0.3 is 20.1 Å². The second-order valence-electron chi connectivity index (χ2n) is 6.34. The molecular formula is C21H26F3N3O2. The molecule has 0 fully saturated rings. The number of nitrogens with one attached hydrogen (secondary N) is 2. The third-order valence-electron chi connectivity index (χ3n) is 4.09. The fourth-order valence-electron chi connectivity index (χ4n) is 2.75. The number of para-hydroxylation sites is 1. The number of hydrogen-bond donors (Lipinski definition) is 2. The third kappa shape index (κ3) is 8.43. The summed E-state index contributed by atoms with van der Waals surface area (Å²) in [5.41, 5.74) is 2.71. The molecule has 0 spiro atoms. The zero-order chi connectivity index (χ0) is 21.1.